The summed E-state index contributed by atoms with van der Waals surface area (Å²) in [5.41, 5.74) is 1.000. The summed E-state index contributed by atoms with van der Waals surface area (Å²) in [6, 6.07) is 7.37. The van der Waals surface area contributed by atoms with Crippen LogP contribution in [0.3, 0.4) is 0 Å². The van der Waals surface area contributed by atoms with Crippen molar-refractivity contribution < 1.29 is 19.4 Å². The number of methoxy groups -OCH3 is 1. The number of carboxylic acid groups (broad SMARTS) is 1. The predicted molar refractivity (Wildman–Crippen MR) is 58.6 cm³/mol. The third-order valence-electron chi connectivity index (χ3n) is 2.20. The van der Waals surface area contributed by atoms with Gasteiger partial charge in [0.1, 0.15) is 18.0 Å². The maximum absolute atomic E-state index is 11.1. The van der Waals surface area contributed by atoms with Crippen LogP contribution in [-0.2, 0) is 16.0 Å². The van der Waals surface area contributed by atoms with Crippen LogP contribution >= 0.6 is 0 Å². The van der Waals surface area contributed by atoms with Crippen LogP contribution in [-0.4, -0.2) is 24.0 Å². The van der Waals surface area contributed by atoms with Crippen molar-refractivity contribution in [1.29, 1.82) is 0 Å². The SMILES string of the molecule is COc1ccc(CCC(=O)CC(=O)O)cc1. The van der Waals surface area contributed by atoms with Crippen LogP contribution in [0.15, 0.2) is 24.3 Å². The molecule has 0 aliphatic rings. The maximum Gasteiger partial charge on any atom is 0.310 e. The molecule has 86 valence electrons. The molecule has 16 heavy (non-hydrogen) atoms. The predicted octanol–water partition coefficient (Wildman–Crippen LogP) is 1.67. The Morgan fingerprint density at radius 1 is 1.25 bits per heavy atom. The summed E-state index contributed by atoms with van der Waals surface area (Å²) in [6.45, 7) is 0. The van der Waals surface area contributed by atoms with Gasteiger partial charge in [0.2, 0.25) is 0 Å². The van der Waals surface area contributed by atoms with Gasteiger partial charge < -0.3 is 9.84 Å². The first-order valence-electron chi connectivity index (χ1n) is 4.98. The van der Waals surface area contributed by atoms with Gasteiger partial charge in [-0.3, -0.25) is 9.59 Å². The Balaban J connectivity index is 2.42. The van der Waals surface area contributed by atoms with Crippen LogP contribution in [0, 0.1) is 0 Å². The highest BCUT2D eigenvalue weighted by Gasteiger charge is 2.07. The lowest BCUT2D eigenvalue weighted by Gasteiger charge is -2.02. The average Bonchev–Trinajstić information content (AvgIpc) is 2.26. The first-order valence-corrected chi connectivity index (χ1v) is 4.98. The molecule has 1 aromatic carbocycles. The summed E-state index contributed by atoms with van der Waals surface area (Å²) in [7, 11) is 1.59. The van der Waals surface area contributed by atoms with Crippen molar-refractivity contribution in [2.75, 3.05) is 7.11 Å². The molecule has 0 heterocycles. The number of benzene rings is 1. The summed E-state index contributed by atoms with van der Waals surface area (Å²) >= 11 is 0. The number of Topliss-reactive ketones (excluding diaryl/α,β-unsaturated/α-hetero) is 1. The van der Waals surface area contributed by atoms with Crippen molar-refractivity contribution in [2.45, 2.75) is 19.3 Å². The molecule has 0 unspecified atom stereocenters. The number of carbonyl (C=O) groups is 2. The lowest BCUT2D eigenvalue weighted by molar-refractivity contribution is -0.140. The van der Waals surface area contributed by atoms with E-state index >= 15 is 0 Å². The third kappa shape index (κ3) is 4.13. The Kier molecular flexibility index (Phi) is 4.51. The minimum absolute atomic E-state index is 0.247. The fourth-order valence-corrected chi connectivity index (χ4v) is 1.33. The number of aliphatic carboxylic acids is 1. The van der Waals surface area contributed by atoms with Crippen molar-refractivity contribution in [3.05, 3.63) is 29.8 Å². The molecule has 4 heteroatoms. The Morgan fingerprint density at radius 3 is 2.38 bits per heavy atom. The number of ether oxygens (including phenoxy) is 1. The Morgan fingerprint density at radius 2 is 1.88 bits per heavy atom. The van der Waals surface area contributed by atoms with Gasteiger partial charge in [-0.15, -0.1) is 0 Å². The Bertz CT molecular complexity index is 367. The van der Waals surface area contributed by atoms with Gasteiger partial charge in [-0.25, -0.2) is 0 Å². The van der Waals surface area contributed by atoms with Gasteiger partial charge in [-0.1, -0.05) is 12.1 Å². The number of hydrogen-bond donors (Lipinski definition) is 1. The second kappa shape index (κ2) is 5.90. The second-order valence-corrected chi connectivity index (χ2v) is 3.46. The first-order chi connectivity index (χ1) is 7.61. The molecular formula is C12H14O4. The van der Waals surface area contributed by atoms with E-state index in [2.05, 4.69) is 0 Å². The van der Waals surface area contributed by atoms with Crippen LogP contribution in [0.4, 0.5) is 0 Å². The Labute approximate surface area is 93.9 Å². The minimum atomic E-state index is -1.07. The molecule has 4 nitrogen and oxygen atoms in total. The van der Waals surface area contributed by atoms with E-state index in [0.29, 0.717) is 6.42 Å². The molecule has 0 saturated heterocycles. The molecule has 0 saturated carbocycles. The molecule has 0 atom stereocenters. The summed E-state index contributed by atoms with van der Waals surface area (Å²) in [5.74, 6) is -0.552. The van der Waals surface area contributed by atoms with E-state index in [4.69, 9.17) is 9.84 Å². The zero-order valence-corrected chi connectivity index (χ0v) is 9.10. The monoisotopic (exact) mass is 222 g/mol. The molecular weight excluding hydrogens is 208 g/mol. The number of aryl methyl sites for hydroxylation is 1. The van der Waals surface area contributed by atoms with Crippen molar-refractivity contribution in [1.82, 2.24) is 0 Å². The van der Waals surface area contributed by atoms with Crippen LogP contribution in [0.2, 0.25) is 0 Å². The van der Waals surface area contributed by atoms with Crippen LogP contribution in [0.5, 0.6) is 5.75 Å². The highest BCUT2D eigenvalue weighted by Crippen LogP contribution is 2.12. The number of rotatable bonds is 6. The van der Waals surface area contributed by atoms with E-state index in [1.807, 2.05) is 24.3 Å². The Hall–Kier alpha value is -1.84. The van der Waals surface area contributed by atoms with Crippen molar-refractivity contribution in [2.24, 2.45) is 0 Å². The largest absolute Gasteiger partial charge is 0.497 e. The normalized spacial score (nSPS) is 9.81. The summed E-state index contributed by atoms with van der Waals surface area (Å²) < 4.78 is 5.00. The fourth-order valence-electron chi connectivity index (χ4n) is 1.33. The topological polar surface area (TPSA) is 63.6 Å². The van der Waals surface area contributed by atoms with E-state index in [0.717, 1.165) is 11.3 Å². The lowest BCUT2D eigenvalue weighted by atomic mass is 10.1. The van der Waals surface area contributed by atoms with Crippen LogP contribution < -0.4 is 4.74 Å². The molecule has 1 N–H and O–H groups in total. The van der Waals surface area contributed by atoms with Gasteiger partial charge in [0, 0.05) is 6.42 Å². The highest BCUT2D eigenvalue weighted by molar-refractivity contribution is 5.94. The fraction of sp³-hybridized carbons (Fsp3) is 0.333. The van der Waals surface area contributed by atoms with Gasteiger partial charge in [-0.2, -0.15) is 0 Å². The lowest BCUT2D eigenvalue weighted by Crippen LogP contribution is -2.07. The minimum Gasteiger partial charge on any atom is -0.497 e. The van der Waals surface area contributed by atoms with E-state index in [1.165, 1.54) is 0 Å². The van der Waals surface area contributed by atoms with Crippen LogP contribution in [0.1, 0.15) is 18.4 Å². The summed E-state index contributed by atoms with van der Waals surface area (Å²) in [5, 5.41) is 8.41. The van der Waals surface area contributed by atoms with Gasteiger partial charge in [0.05, 0.1) is 7.11 Å². The molecule has 0 radical (unpaired) electrons. The van der Waals surface area contributed by atoms with Gasteiger partial charge in [0.15, 0.2) is 0 Å². The smallest absolute Gasteiger partial charge is 0.310 e. The molecule has 0 spiro atoms. The van der Waals surface area contributed by atoms with E-state index < -0.39 is 12.4 Å². The van der Waals surface area contributed by atoms with E-state index in [-0.39, 0.29) is 12.2 Å². The number of ketones is 1. The van der Waals surface area contributed by atoms with Gasteiger partial charge in [0.25, 0.3) is 0 Å². The number of hydrogen-bond acceptors (Lipinski definition) is 3. The van der Waals surface area contributed by atoms with Crippen molar-refractivity contribution >= 4 is 11.8 Å². The molecule has 0 aromatic heterocycles. The third-order valence-corrected chi connectivity index (χ3v) is 2.20. The van der Waals surface area contributed by atoms with Gasteiger partial charge >= 0.3 is 5.97 Å². The van der Waals surface area contributed by atoms with Crippen molar-refractivity contribution in [3.63, 3.8) is 0 Å². The first kappa shape index (κ1) is 12.2. The molecule has 1 aromatic rings. The molecule has 1 rings (SSSR count). The molecule has 0 amide bonds. The summed E-state index contributed by atoms with van der Waals surface area (Å²) in [4.78, 5) is 21.4. The average molecular weight is 222 g/mol. The van der Waals surface area contributed by atoms with E-state index in [1.54, 1.807) is 7.11 Å². The highest BCUT2D eigenvalue weighted by atomic mass is 16.5. The van der Waals surface area contributed by atoms with Crippen LogP contribution in [0.25, 0.3) is 0 Å². The number of carboxylic acids is 1. The quantitative estimate of drug-likeness (QED) is 0.743. The molecule has 0 fully saturated rings. The molecule has 0 aliphatic carbocycles. The van der Waals surface area contributed by atoms with Gasteiger partial charge in [-0.05, 0) is 24.1 Å². The zero-order chi connectivity index (χ0) is 12.0. The standard InChI is InChI=1S/C12H14O4/c1-16-11-6-3-9(4-7-11)2-5-10(13)8-12(14)15/h3-4,6-7H,2,5,8H2,1H3,(H,14,15). The summed E-state index contributed by atoms with van der Waals surface area (Å²) in [6.07, 6.45) is 0.435. The van der Waals surface area contributed by atoms with Crippen molar-refractivity contribution in [3.8, 4) is 5.75 Å². The molecule has 0 bridgehead atoms. The zero-order valence-electron chi connectivity index (χ0n) is 9.10. The van der Waals surface area contributed by atoms with E-state index in [9.17, 15) is 9.59 Å². The second-order valence-electron chi connectivity index (χ2n) is 3.46. The number of carbonyl (C=O) groups excluding carboxylic acids is 1. The molecule has 0 aliphatic heterocycles. The maximum atomic E-state index is 11.1.